The molecule has 0 fully saturated rings. The van der Waals surface area contributed by atoms with Crippen LogP contribution in [-0.4, -0.2) is 14.2 Å². The van der Waals surface area contributed by atoms with Crippen molar-refractivity contribution in [1.29, 1.82) is 0 Å². The molecule has 0 aromatic heterocycles. The van der Waals surface area contributed by atoms with Gasteiger partial charge in [0.25, 0.3) is 0 Å². The highest BCUT2D eigenvalue weighted by Crippen LogP contribution is 2.07. The van der Waals surface area contributed by atoms with Crippen LogP contribution in [0, 0.1) is 0 Å². The summed E-state index contributed by atoms with van der Waals surface area (Å²) in [7, 11) is -1.08. The third kappa shape index (κ3) is 4.14. The van der Waals surface area contributed by atoms with E-state index in [0.29, 0.717) is 5.41 Å². The quantitative estimate of drug-likeness (QED) is 0.442. The Bertz CT molecular complexity index is 126. The predicted octanol–water partition coefficient (Wildman–Crippen LogP) is 2.33. The lowest BCUT2D eigenvalue weighted by Gasteiger charge is -2.07. The van der Waals surface area contributed by atoms with E-state index in [4.69, 9.17) is 0 Å². The van der Waals surface area contributed by atoms with Crippen LogP contribution in [-0.2, 0) is 4.79 Å². The Morgan fingerprint density at radius 3 is 2.09 bits per heavy atom. The molecule has 0 aliphatic rings. The molecule has 0 aromatic rings. The molecule has 0 heterocycles. The molecule has 0 atom stereocenters. The van der Waals surface area contributed by atoms with Crippen molar-refractivity contribution < 1.29 is 4.79 Å². The summed E-state index contributed by atoms with van der Waals surface area (Å²) in [5.74, 6) is 0. The molecule has 0 saturated carbocycles. The van der Waals surface area contributed by atoms with Crippen LogP contribution >= 0.6 is 0 Å². The number of rotatable bonds is 6. The molecule has 0 aliphatic heterocycles. The van der Waals surface area contributed by atoms with Crippen LogP contribution < -0.4 is 0 Å². The van der Waals surface area contributed by atoms with E-state index in [1.54, 1.807) is 0 Å². The fraction of sp³-hybridized carbons (Fsp3) is 0.667. The molecule has 1 nitrogen and oxygen atoms in total. The summed E-state index contributed by atoms with van der Waals surface area (Å²) < 4.78 is 0. The van der Waals surface area contributed by atoms with Crippen LogP contribution in [0.15, 0.2) is 12.7 Å². The van der Waals surface area contributed by atoms with Crippen molar-refractivity contribution in [1.82, 2.24) is 0 Å². The Morgan fingerprint density at radius 2 is 1.82 bits per heavy atom. The van der Waals surface area contributed by atoms with Crippen molar-refractivity contribution in [2.75, 3.05) is 0 Å². The number of hydrogen-bond acceptors (Lipinski definition) is 1. The average molecular weight is 170 g/mol. The molecule has 64 valence electrons. The molecule has 0 aromatic carbocycles. The maximum Gasteiger partial charge on any atom is 0.129 e. The van der Waals surface area contributed by atoms with E-state index in [1.165, 1.54) is 6.08 Å². The number of allylic oxidation sites excluding steroid dienone is 1. The maximum absolute atomic E-state index is 11.2. The SMILES string of the molecule is C=CC(=O)[SiH](CCC)CCC. The van der Waals surface area contributed by atoms with Gasteiger partial charge < -0.3 is 4.79 Å². The summed E-state index contributed by atoms with van der Waals surface area (Å²) in [5, 5.41) is 0.355. The van der Waals surface area contributed by atoms with E-state index in [-0.39, 0.29) is 0 Å². The number of carbonyl (C=O) groups is 1. The van der Waals surface area contributed by atoms with Crippen LogP contribution in [0.4, 0.5) is 0 Å². The molecule has 0 amide bonds. The highest BCUT2D eigenvalue weighted by atomic mass is 28.3. The highest BCUT2D eigenvalue weighted by Gasteiger charge is 2.14. The summed E-state index contributed by atoms with van der Waals surface area (Å²) in [4.78, 5) is 11.2. The smallest absolute Gasteiger partial charge is 0.129 e. The monoisotopic (exact) mass is 170 g/mol. The topological polar surface area (TPSA) is 17.1 Å². The van der Waals surface area contributed by atoms with Gasteiger partial charge in [0.15, 0.2) is 0 Å². The lowest BCUT2D eigenvalue weighted by atomic mass is 10.6. The second kappa shape index (κ2) is 6.34. The molecule has 0 N–H and O–H groups in total. The molecular formula is C9H18OSi. The van der Waals surface area contributed by atoms with Crippen LogP contribution in [0.5, 0.6) is 0 Å². The molecule has 0 unspecified atom stereocenters. The Balaban J connectivity index is 3.86. The zero-order valence-electron chi connectivity index (χ0n) is 7.60. The van der Waals surface area contributed by atoms with E-state index in [1.807, 2.05) is 0 Å². The predicted molar refractivity (Wildman–Crippen MR) is 52.5 cm³/mol. The summed E-state index contributed by atoms with van der Waals surface area (Å²) in [5.41, 5.74) is 0. The molecular weight excluding hydrogens is 152 g/mol. The van der Waals surface area contributed by atoms with Crippen molar-refractivity contribution in [3.63, 3.8) is 0 Å². The van der Waals surface area contributed by atoms with Gasteiger partial charge in [-0.15, -0.1) is 0 Å². The molecule has 2 heteroatoms. The number of carbonyl (C=O) groups excluding carboxylic acids is 1. The first-order valence-corrected chi connectivity index (χ1v) is 6.63. The molecule has 0 rings (SSSR count). The minimum absolute atomic E-state index is 0.355. The maximum atomic E-state index is 11.2. The third-order valence-corrected chi connectivity index (χ3v) is 5.47. The minimum Gasteiger partial charge on any atom is -0.301 e. The first kappa shape index (κ1) is 10.6. The molecule has 0 spiro atoms. The van der Waals surface area contributed by atoms with Gasteiger partial charge in [-0.1, -0.05) is 45.4 Å². The molecule has 0 bridgehead atoms. The molecule has 0 aliphatic carbocycles. The van der Waals surface area contributed by atoms with Gasteiger partial charge in [-0.3, -0.25) is 0 Å². The first-order chi connectivity index (χ1) is 5.26. The van der Waals surface area contributed by atoms with E-state index in [9.17, 15) is 4.79 Å². The Kier molecular flexibility index (Phi) is 6.13. The normalized spacial score (nSPS) is 10.1. The van der Waals surface area contributed by atoms with E-state index >= 15 is 0 Å². The molecule has 11 heavy (non-hydrogen) atoms. The minimum atomic E-state index is -1.08. The summed E-state index contributed by atoms with van der Waals surface area (Å²) >= 11 is 0. The standard InChI is InChI=1S/C9H18OSi/c1-4-7-11(8-5-2)9(10)6-3/h6,11H,3-5,7-8H2,1-2H3. The zero-order chi connectivity index (χ0) is 8.69. The fourth-order valence-electron chi connectivity index (χ4n) is 1.29. The lowest BCUT2D eigenvalue weighted by molar-refractivity contribution is -0.108. The second-order valence-corrected chi connectivity index (χ2v) is 6.00. The van der Waals surface area contributed by atoms with Gasteiger partial charge in [0.2, 0.25) is 0 Å². The largest absolute Gasteiger partial charge is 0.301 e. The fourth-order valence-corrected chi connectivity index (χ4v) is 3.88. The number of hydrogen-bond donors (Lipinski definition) is 0. The van der Waals surface area contributed by atoms with Crippen molar-refractivity contribution in [2.24, 2.45) is 0 Å². The van der Waals surface area contributed by atoms with Crippen LogP contribution in [0.1, 0.15) is 26.7 Å². The Hall–Kier alpha value is -0.373. The van der Waals surface area contributed by atoms with Gasteiger partial charge in [0, 0.05) is 0 Å². The summed E-state index contributed by atoms with van der Waals surface area (Å²) in [6, 6.07) is 2.30. The van der Waals surface area contributed by atoms with Crippen molar-refractivity contribution in [3.8, 4) is 0 Å². The Labute approximate surface area is 71.1 Å². The van der Waals surface area contributed by atoms with Gasteiger partial charge in [0.1, 0.15) is 14.2 Å². The summed E-state index contributed by atoms with van der Waals surface area (Å²) in [6.45, 7) is 7.82. The van der Waals surface area contributed by atoms with Gasteiger partial charge in [0.05, 0.1) is 0 Å². The van der Waals surface area contributed by atoms with Crippen LogP contribution in [0.25, 0.3) is 0 Å². The van der Waals surface area contributed by atoms with Crippen molar-refractivity contribution >= 4 is 14.2 Å². The van der Waals surface area contributed by atoms with Crippen LogP contribution in [0.2, 0.25) is 12.1 Å². The third-order valence-electron chi connectivity index (χ3n) is 1.88. The van der Waals surface area contributed by atoms with Gasteiger partial charge >= 0.3 is 0 Å². The van der Waals surface area contributed by atoms with E-state index in [2.05, 4.69) is 20.4 Å². The molecule has 0 saturated heterocycles. The zero-order valence-corrected chi connectivity index (χ0v) is 8.75. The van der Waals surface area contributed by atoms with Crippen molar-refractivity contribution in [2.45, 2.75) is 38.8 Å². The van der Waals surface area contributed by atoms with Gasteiger partial charge in [-0.2, -0.15) is 0 Å². The average Bonchev–Trinajstić information content (AvgIpc) is 2.03. The Morgan fingerprint density at radius 1 is 1.36 bits per heavy atom. The molecule has 0 radical (unpaired) electrons. The van der Waals surface area contributed by atoms with Gasteiger partial charge in [-0.25, -0.2) is 0 Å². The van der Waals surface area contributed by atoms with Crippen LogP contribution in [0.3, 0.4) is 0 Å². The summed E-state index contributed by atoms with van der Waals surface area (Å²) in [6.07, 6.45) is 3.81. The lowest BCUT2D eigenvalue weighted by Crippen LogP contribution is -2.22. The van der Waals surface area contributed by atoms with E-state index in [0.717, 1.165) is 24.9 Å². The highest BCUT2D eigenvalue weighted by molar-refractivity contribution is 6.91. The van der Waals surface area contributed by atoms with Crippen molar-refractivity contribution in [3.05, 3.63) is 12.7 Å². The van der Waals surface area contributed by atoms with Gasteiger partial charge in [-0.05, 0) is 6.08 Å². The first-order valence-electron chi connectivity index (χ1n) is 4.42. The van der Waals surface area contributed by atoms with E-state index < -0.39 is 8.80 Å². The second-order valence-electron chi connectivity index (χ2n) is 2.88.